The molecule has 0 aliphatic carbocycles. The van der Waals surface area contributed by atoms with Gasteiger partial charge in [-0.05, 0) is 34.8 Å². The maximum atomic E-state index is 5.43. The molecule has 90 valence electrons. The van der Waals surface area contributed by atoms with E-state index in [2.05, 4.69) is 27.3 Å². The van der Waals surface area contributed by atoms with Crippen LogP contribution in [0.3, 0.4) is 0 Å². The van der Waals surface area contributed by atoms with Gasteiger partial charge in [-0.2, -0.15) is 0 Å². The van der Waals surface area contributed by atoms with Gasteiger partial charge < -0.3 is 14.8 Å². The highest BCUT2D eigenvalue weighted by Crippen LogP contribution is 2.34. The molecule has 2 rings (SSSR count). The minimum absolute atomic E-state index is 0.501. The average molecular weight is 306 g/mol. The predicted octanol–water partition coefficient (Wildman–Crippen LogP) is 2.79. The molecule has 0 amide bonds. The largest absolute Gasteiger partial charge is 0.486 e. The molecule has 0 spiro atoms. The minimum atomic E-state index is 0.501. The van der Waals surface area contributed by atoms with Crippen LogP contribution in [0.2, 0.25) is 0 Å². The minimum Gasteiger partial charge on any atom is -0.486 e. The Morgan fingerprint density at radius 1 is 1.69 bits per heavy atom. The van der Waals surface area contributed by atoms with Crippen LogP contribution < -0.4 is 10.1 Å². The van der Waals surface area contributed by atoms with Crippen LogP contribution in [-0.2, 0) is 11.3 Å². The van der Waals surface area contributed by atoms with Crippen molar-refractivity contribution in [1.29, 1.82) is 0 Å². The second-order valence-corrected chi connectivity index (χ2v) is 5.80. The number of ether oxygens (including phenoxy) is 2. The summed E-state index contributed by atoms with van der Waals surface area (Å²) in [5.41, 5.74) is 0. The summed E-state index contributed by atoms with van der Waals surface area (Å²) in [6, 6.07) is 2.61. The average Bonchev–Trinajstić information content (AvgIpc) is 2.69. The highest BCUT2D eigenvalue weighted by atomic mass is 79.9. The Balaban J connectivity index is 1.83. The fraction of sp³-hybridized carbons (Fsp3) is 0.636. The molecule has 0 radical (unpaired) electrons. The molecule has 5 heteroatoms. The van der Waals surface area contributed by atoms with Gasteiger partial charge in [-0.15, -0.1) is 11.3 Å². The third-order valence-corrected chi connectivity index (χ3v) is 4.57. The lowest BCUT2D eigenvalue weighted by Gasteiger charge is -2.22. The molecular weight excluding hydrogens is 290 g/mol. The van der Waals surface area contributed by atoms with Crippen molar-refractivity contribution >= 4 is 27.3 Å². The predicted molar refractivity (Wildman–Crippen MR) is 69.3 cm³/mol. The van der Waals surface area contributed by atoms with Crippen LogP contribution in [-0.4, -0.2) is 26.4 Å². The summed E-state index contributed by atoms with van der Waals surface area (Å²) < 4.78 is 11.7. The van der Waals surface area contributed by atoms with E-state index < -0.39 is 0 Å². The Labute approximate surface area is 108 Å². The first-order valence-electron chi connectivity index (χ1n) is 5.43. The van der Waals surface area contributed by atoms with Gasteiger partial charge in [0.05, 0.1) is 18.2 Å². The number of nitrogens with one attached hydrogen (secondary N) is 1. The van der Waals surface area contributed by atoms with Crippen molar-refractivity contribution in [3.05, 3.63) is 15.4 Å². The van der Waals surface area contributed by atoms with Crippen LogP contribution >= 0.6 is 27.3 Å². The summed E-state index contributed by atoms with van der Waals surface area (Å²) in [6.45, 7) is 2.64. The molecule has 1 N–H and O–H groups in total. The van der Waals surface area contributed by atoms with E-state index in [1.165, 1.54) is 11.3 Å². The lowest BCUT2D eigenvalue weighted by Crippen LogP contribution is -2.36. The van der Waals surface area contributed by atoms with Crippen molar-refractivity contribution in [3.8, 4) is 5.06 Å². The molecule has 1 aliphatic heterocycles. The van der Waals surface area contributed by atoms with Gasteiger partial charge >= 0.3 is 0 Å². The lowest BCUT2D eigenvalue weighted by molar-refractivity contribution is 0.0700. The van der Waals surface area contributed by atoms with Gasteiger partial charge in [-0.25, -0.2) is 0 Å². The second-order valence-electron chi connectivity index (χ2n) is 3.85. The van der Waals surface area contributed by atoms with E-state index >= 15 is 0 Å². The van der Waals surface area contributed by atoms with E-state index in [0.29, 0.717) is 6.04 Å². The zero-order valence-corrected chi connectivity index (χ0v) is 11.7. The van der Waals surface area contributed by atoms with Crippen molar-refractivity contribution in [2.24, 2.45) is 0 Å². The zero-order valence-electron chi connectivity index (χ0n) is 9.29. The topological polar surface area (TPSA) is 30.5 Å². The SMILES string of the molecule is COc1sc(CNC2CCCOC2)cc1Br. The van der Waals surface area contributed by atoms with Gasteiger partial charge in [-0.1, -0.05) is 0 Å². The molecule has 1 aromatic heterocycles. The second kappa shape index (κ2) is 6.00. The normalized spacial score (nSPS) is 21.0. The molecule has 1 aliphatic rings. The smallest absolute Gasteiger partial charge is 0.188 e. The molecule has 16 heavy (non-hydrogen) atoms. The van der Waals surface area contributed by atoms with Crippen molar-refractivity contribution in [3.63, 3.8) is 0 Å². The molecular formula is C11H16BrNO2S. The van der Waals surface area contributed by atoms with Crippen LogP contribution in [0.15, 0.2) is 10.5 Å². The lowest BCUT2D eigenvalue weighted by atomic mass is 10.1. The highest BCUT2D eigenvalue weighted by molar-refractivity contribution is 9.10. The van der Waals surface area contributed by atoms with E-state index in [1.54, 1.807) is 18.4 Å². The summed E-state index contributed by atoms with van der Waals surface area (Å²) in [5.74, 6) is 0. The Hall–Kier alpha value is -0.100. The number of hydrogen-bond donors (Lipinski definition) is 1. The molecule has 0 aromatic carbocycles. The highest BCUT2D eigenvalue weighted by Gasteiger charge is 2.14. The van der Waals surface area contributed by atoms with Crippen molar-refractivity contribution < 1.29 is 9.47 Å². The monoisotopic (exact) mass is 305 g/mol. The van der Waals surface area contributed by atoms with Gasteiger partial charge in [0, 0.05) is 24.1 Å². The third kappa shape index (κ3) is 3.20. The Kier molecular flexibility index (Phi) is 4.64. The van der Waals surface area contributed by atoms with Crippen LogP contribution in [0.5, 0.6) is 5.06 Å². The van der Waals surface area contributed by atoms with Gasteiger partial charge in [0.25, 0.3) is 0 Å². The molecule has 1 unspecified atom stereocenters. The van der Waals surface area contributed by atoms with Crippen LogP contribution in [0, 0.1) is 0 Å². The molecule has 1 fully saturated rings. The van der Waals surface area contributed by atoms with Gasteiger partial charge in [0.2, 0.25) is 0 Å². The number of halogens is 1. The molecule has 0 bridgehead atoms. The summed E-state index contributed by atoms with van der Waals surface area (Å²) in [4.78, 5) is 1.29. The Morgan fingerprint density at radius 3 is 3.19 bits per heavy atom. The third-order valence-electron chi connectivity index (χ3n) is 2.62. The van der Waals surface area contributed by atoms with E-state index in [4.69, 9.17) is 9.47 Å². The molecule has 1 aromatic rings. The maximum absolute atomic E-state index is 5.43. The number of hydrogen-bond acceptors (Lipinski definition) is 4. The van der Waals surface area contributed by atoms with Crippen LogP contribution in [0.1, 0.15) is 17.7 Å². The van der Waals surface area contributed by atoms with Crippen molar-refractivity contribution in [2.75, 3.05) is 20.3 Å². The zero-order chi connectivity index (χ0) is 11.4. The summed E-state index contributed by atoms with van der Waals surface area (Å²) in [7, 11) is 1.70. The molecule has 2 heterocycles. The molecule has 3 nitrogen and oxygen atoms in total. The molecule has 1 saturated heterocycles. The van der Waals surface area contributed by atoms with Crippen LogP contribution in [0.4, 0.5) is 0 Å². The Morgan fingerprint density at radius 2 is 2.56 bits per heavy atom. The number of thiophene rings is 1. The van der Waals surface area contributed by atoms with Crippen molar-refractivity contribution in [1.82, 2.24) is 5.32 Å². The van der Waals surface area contributed by atoms with Gasteiger partial charge in [0.15, 0.2) is 5.06 Å². The summed E-state index contributed by atoms with van der Waals surface area (Å²) in [5, 5.41) is 4.45. The van der Waals surface area contributed by atoms with Crippen LogP contribution in [0.25, 0.3) is 0 Å². The standard InChI is InChI=1S/C11H16BrNO2S/c1-14-11-10(12)5-9(16-11)6-13-8-3-2-4-15-7-8/h5,8,13H,2-4,6-7H2,1H3. The first-order chi connectivity index (χ1) is 7.79. The van der Waals surface area contributed by atoms with E-state index in [0.717, 1.165) is 35.7 Å². The van der Waals surface area contributed by atoms with E-state index in [-0.39, 0.29) is 0 Å². The fourth-order valence-electron chi connectivity index (χ4n) is 1.77. The quantitative estimate of drug-likeness (QED) is 0.928. The van der Waals surface area contributed by atoms with Crippen molar-refractivity contribution in [2.45, 2.75) is 25.4 Å². The molecule has 1 atom stereocenters. The first-order valence-corrected chi connectivity index (χ1v) is 7.04. The first kappa shape index (κ1) is 12.4. The maximum Gasteiger partial charge on any atom is 0.188 e. The van der Waals surface area contributed by atoms with E-state index in [9.17, 15) is 0 Å². The van der Waals surface area contributed by atoms with Gasteiger partial charge in [-0.3, -0.25) is 0 Å². The fourth-order valence-corrected chi connectivity index (χ4v) is 3.41. The van der Waals surface area contributed by atoms with Gasteiger partial charge in [0.1, 0.15) is 0 Å². The molecule has 0 saturated carbocycles. The summed E-state index contributed by atoms with van der Waals surface area (Å²) >= 11 is 5.15. The number of rotatable bonds is 4. The summed E-state index contributed by atoms with van der Waals surface area (Å²) in [6.07, 6.45) is 2.37. The number of methoxy groups -OCH3 is 1. The Bertz CT molecular complexity index is 337. The van der Waals surface area contributed by atoms with E-state index in [1.807, 2.05) is 0 Å².